The summed E-state index contributed by atoms with van der Waals surface area (Å²) in [6, 6.07) is 10.0. The van der Waals surface area contributed by atoms with Gasteiger partial charge in [-0.25, -0.2) is 0 Å². The molecule has 0 aliphatic heterocycles. The van der Waals surface area contributed by atoms with E-state index in [4.69, 9.17) is 0 Å². The fourth-order valence-electron chi connectivity index (χ4n) is 2.02. The Balaban J connectivity index is 1.92. The summed E-state index contributed by atoms with van der Waals surface area (Å²) in [5, 5.41) is 11.5. The van der Waals surface area contributed by atoms with E-state index >= 15 is 0 Å². The summed E-state index contributed by atoms with van der Waals surface area (Å²) in [6.45, 7) is 0.0496. The molecule has 1 aromatic heterocycles. The van der Waals surface area contributed by atoms with Crippen LogP contribution in [0.2, 0.25) is 0 Å². The predicted octanol–water partition coefficient (Wildman–Crippen LogP) is 0.702. The fraction of sp³-hybridized carbons (Fsp3) is 0.375. The summed E-state index contributed by atoms with van der Waals surface area (Å²) in [5.74, 6) is 0.732. The molecule has 0 atom stereocenters. The van der Waals surface area contributed by atoms with Gasteiger partial charge in [0.25, 0.3) is 0 Å². The van der Waals surface area contributed by atoms with Crippen molar-refractivity contribution in [2.75, 3.05) is 26.4 Å². The molecule has 1 N–H and O–H groups in total. The summed E-state index contributed by atoms with van der Waals surface area (Å²) in [6.07, 6.45) is 0.690. The minimum Gasteiger partial charge on any atom is -0.358 e. The van der Waals surface area contributed by atoms with Crippen LogP contribution in [0.25, 0.3) is 0 Å². The van der Waals surface area contributed by atoms with Crippen LogP contribution in [0.5, 0.6) is 0 Å². The maximum Gasteiger partial charge on any atom is 0.239 e. The number of aromatic nitrogens is 3. The minimum atomic E-state index is -0.195. The summed E-state index contributed by atoms with van der Waals surface area (Å²) in [5.41, 5.74) is 1.16. The third kappa shape index (κ3) is 4.82. The largest absolute Gasteiger partial charge is 0.358 e. The molecule has 2 aromatic rings. The second-order valence-corrected chi connectivity index (χ2v) is 6.27. The number of hydrogen-bond acceptors (Lipinski definition) is 5. The quantitative estimate of drug-likeness (QED) is 0.746. The molecule has 7 nitrogen and oxygen atoms in total. The normalized spacial score (nSPS) is 10.5. The van der Waals surface area contributed by atoms with E-state index in [1.807, 2.05) is 41.9 Å². The lowest BCUT2D eigenvalue weighted by molar-refractivity contribution is -0.132. The number of carbonyl (C=O) groups excluding carboxylic acids is 2. The molecule has 0 bridgehead atoms. The van der Waals surface area contributed by atoms with E-state index in [9.17, 15) is 9.59 Å². The SMILES string of the molecule is CNC(=O)CN(C)C(=O)CSc1nnc(Cc2ccccc2)n1C. The van der Waals surface area contributed by atoms with Gasteiger partial charge in [0.1, 0.15) is 5.82 Å². The van der Waals surface area contributed by atoms with E-state index in [0.29, 0.717) is 11.6 Å². The zero-order valence-electron chi connectivity index (χ0n) is 14.0. The average molecular weight is 347 g/mol. The number of nitrogens with zero attached hydrogens (tertiary/aromatic N) is 4. The van der Waals surface area contributed by atoms with Crippen LogP contribution in [0.1, 0.15) is 11.4 Å². The van der Waals surface area contributed by atoms with Gasteiger partial charge in [-0.1, -0.05) is 42.1 Å². The van der Waals surface area contributed by atoms with Gasteiger partial charge in [0, 0.05) is 27.6 Å². The van der Waals surface area contributed by atoms with Gasteiger partial charge in [-0.15, -0.1) is 10.2 Å². The lowest BCUT2D eigenvalue weighted by Crippen LogP contribution is -2.37. The highest BCUT2D eigenvalue weighted by Crippen LogP contribution is 2.17. The number of likely N-dealkylation sites (N-methyl/N-ethyl adjacent to an activating group) is 2. The zero-order valence-corrected chi connectivity index (χ0v) is 14.8. The summed E-state index contributed by atoms with van der Waals surface area (Å²) >= 11 is 1.32. The molecule has 0 aliphatic carbocycles. The molecule has 0 saturated carbocycles. The summed E-state index contributed by atoms with van der Waals surface area (Å²) in [4.78, 5) is 24.7. The van der Waals surface area contributed by atoms with Gasteiger partial charge in [0.15, 0.2) is 5.16 Å². The van der Waals surface area contributed by atoms with Crippen LogP contribution in [0.4, 0.5) is 0 Å². The molecule has 0 aliphatic rings. The summed E-state index contributed by atoms with van der Waals surface area (Å²) in [7, 11) is 5.04. The molecular weight excluding hydrogens is 326 g/mol. The Bertz CT molecular complexity index is 702. The van der Waals surface area contributed by atoms with Crippen LogP contribution in [-0.2, 0) is 23.1 Å². The molecular formula is C16H21N5O2S. The van der Waals surface area contributed by atoms with Gasteiger partial charge >= 0.3 is 0 Å². The van der Waals surface area contributed by atoms with E-state index in [2.05, 4.69) is 15.5 Å². The lowest BCUT2D eigenvalue weighted by atomic mass is 10.1. The Hall–Kier alpha value is -2.35. The molecule has 2 rings (SSSR count). The number of nitrogens with one attached hydrogen (secondary N) is 1. The fourth-order valence-corrected chi connectivity index (χ4v) is 2.89. The first kappa shape index (κ1) is 18.0. The van der Waals surface area contributed by atoms with Gasteiger partial charge in [0.2, 0.25) is 11.8 Å². The second kappa shape index (κ2) is 8.49. The van der Waals surface area contributed by atoms with Gasteiger partial charge in [-0.05, 0) is 5.56 Å². The van der Waals surface area contributed by atoms with Crippen LogP contribution >= 0.6 is 11.8 Å². The molecule has 0 radical (unpaired) electrons. The number of benzene rings is 1. The highest BCUT2D eigenvalue weighted by atomic mass is 32.2. The van der Waals surface area contributed by atoms with Crippen molar-refractivity contribution in [3.8, 4) is 0 Å². The number of thioether (sulfide) groups is 1. The van der Waals surface area contributed by atoms with Crippen molar-refractivity contribution in [3.05, 3.63) is 41.7 Å². The Labute approximate surface area is 145 Å². The van der Waals surface area contributed by atoms with E-state index in [0.717, 1.165) is 11.4 Å². The highest BCUT2D eigenvalue weighted by molar-refractivity contribution is 7.99. The van der Waals surface area contributed by atoms with E-state index in [1.54, 1.807) is 14.1 Å². The van der Waals surface area contributed by atoms with Gasteiger partial charge < -0.3 is 14.8 Å². The van der Waals surface area contributed by atoms with Crippen molar-refractivity contribution in [3.63, 3.8) is 0 Å². The van der Waals surface area contributed by atoms with Crippen molar-refractivity contribution in [1.82, 2.24) is 25.0 Å². The van der Waals surface area contributed by atoms with Crippen LogP contribution in [0, 0.1) is 0 Å². The second-order valence-electron chi connectivity index (χ2n) is 5.33. The van der Waals surface area contributed by atoms with Crippen LogP contribution in [0.15, 0.2) is 35.5 Å². The number of rotatable bonds is 7. The van der Waals surface area contributed by atoms with Crippen molar-refractivity contribution in [1.29, 1.82) is 0 Å². The maximum atomic E-state index is 12.0. The Morgan fingerprint density at radius 2 is 1.96 bits per heavy atom. The van der Waals surface area contributed by atoms with Crippen molar-refractivity contribution in [2.45, 2.75) is 11.6 Å². The Kier molecular flexibility index (Phi) is 6.36. The molecule has 128 valence electrons. The topological polar surface area (TPSA) is 80.1 Å². The van der Waals surface area contributed by atoms with E-state index < -0.39 is 0 Å². The zero-order chi connectivity index (χ0) is 17.5. The Morgan fingerprint density at radius 1 is 1.25 bits per heavy atom. The first-order chi connectivity index (χ1) is 11.5. The molecule has 24 heavy (non-hydrogen) atoms. The third-order valence-corrected chi connectivity index (χ3v) is 4.55. The van der Waals surface area contributed by atoms with Crippen LogP contribution in [0.3, 0.4) is 0 Å². The lowest BCUT2D eigenvalue weighted by Gasteiger charge is -2.15. The average Bonchev–Trinajstić information content (AvgIpc) is 2.93. The highest BCUT2D eigenvalue weighted by Gasteiger charge is 2.15. The monoisotopic (exact) mass is 347 g/mol. The summed E-state index contributed by atoms with van der Waals surface area (Å²) < 4.78 is 1.89. The Morgan fingerprint density at radius 3 is 2.62 bits per heavy atom. The van der Waals surface area contributed by atoms with Crippen molar-refractivity contribution in [2.24, 2.45) is 7.05 Å². The number of carbonyl (C=O) groups is 2. The van der Waals surface area contributed by atoms with E-state index in [-0.39, 0.29) is 24.1 Å². The first-order valence-electron chi connectivity index (χ1n) is 7.50. The predicted molar refractivity (Wildman–Crippen MR) is 92.7 cm³/mol. The van der Waals surface area contributed by atoms with Crippen LogP contribution in [-0.4, -0.2) is 57.9 Å². The smallest absolute Gasteiger partial charge is 0.239 e. The van der Waals surface area contributed by atoms with Crippen molar-refractivity contribution < 1.29 is 9.59 Å². The first-order valence-corrected chi connectivity index (χ1v) is 8.49. The molecule has 0 saturated heterocycles. The molecule has 1 aromatic carbocycles. The van der Waals surface area contributed by atoms with Gasteiger partial charge in [0.05, 0.1) is 12.3 Å². The standard InChI is InChI=1S/C16H21N5O2S/c1-17-14(22)10-20(2)15(23)11-24-16-19-18-13(21(16)3)9-12-7-5-4-6-8-12/h4-8H,9-11H2,1-3H3,(H,17,22). The van der Waals surface area contributed by atoms with Crippen molar-refractivity contribution >= 4 is 23.6 Å². The molecule has 0 unspecified atom stereocenters. The molecule has 0 fully saturated rings. The van der Waals surface area contributed by atoms with Crippen LogP contribution < -0.4 is 5.32 Å². The molecule has 1 heterocycles. The molecule has 0 spiro atoms. The molecule has 2 amide bonds. The van der Waals surface area contributed by atoms with E-state index in [1.165, 1.54) is 16.7 Å². The molecule has 8 heteroatoms. The number of hydrogen-bond donors (Lipinski definition) is 1. The minimum absolute atomic E-state index is 0.0496. The van der Waals surface area contributed by atoms with Gasteiger partial charge in [-0.2, -0.15) is 0 Å². The maximum absolute atomic E-state index is 12.0. The van der Waals surface area contributed by atoms with Gasteiger partial charge in [-0.3, -0.25) is 9.59 Å². The number of amides is 2. The third-order valence-electron chi connectivity index (χ3n) is 3.54.